The second-order valence-electron chi connectivity index (χ2n) is 10.8. The first-order chi connectivity index (χ1) is 13.3. The van der Waals surface area contributed by atoms with Gasteiger partial charge in [-0.2, -0.15) is 0 Å². The zero-order valence-corrected chi connectivity index (χ0v) is 19.0. The standard InChI is InChI=1S/C27H50/c1-3-4-5-9-16-23(2)27(24-17-10-6-11-18-24,25-19-12-7-13-20-25)26-21-14-8-15-22-26/h23-26H,3-22H2,1-2H3. The predicted octanol–water partition coefficient (Wildman–Crippen LogP) is 9.32. The highest BCUT2D eigenvalue weighted by molar-refractivity contribution is 5.02. The van der Waals surface area contributed by atoms with Crippen LogP contribution < -0.4 is 0 Å². The smallest absolute Gasteiger partial charge is 0.0187 e. The van der Waals surface area contributed by atoms with Crippen molar-refractivity contribution >= 4 is 0 Å². The van der Waals surface area contributed by atoms with Gasteiger partial charge in [-0.05, 0) is 67.6 Å². The molecule has 0 radical (unpaired) electrons. The van der Waals surface area contributed by atoms with Gasteiger partial charge in [-0.25, -0.2) is 0 Å². The highest BCUT2D eigenvalue weighted by Crippen LogP contribution is 2.61. The zero-order valence-electron chi connectivity index (χ0n) is 19.0. The number of rotatable bonds is 9. The van der Waals surface area contributed by atoms with E-state index in [9.17, 15) is 0 Å². The summed E-state index contributed by atoms with van der Waals surface area (Å²) < 4.78 is 0. The highest BCUT2D eigenvalue weighted by Gasteiger charge is 2.53. The van der Waals surface area contributed by atoms with Crippen LogP contribution in [0.1, 0.15) is 142 Å². The molecule has 0 heterocycles. The van der Waals surface area contributed by atoms with E-state index in [1.165, 1.54) is 89.9 Å². The van der Waals surface area contributed by atoms with Gasteiger partial charge in [-0.1, -0.05) is 104 Å². The molecule has 0 aliphatic heterocycles. The van der Waals surface area contributed by atoms with E-state index < -0.39 is 0 Å². The molecule has 3 rings (SSSR count). The third kappa shape index (κ3) is 5.14. The van der Waals surface area contributed by atoms with Gasteiger partial charge in [-0.3, -0.25) is 0 Å². The molecule has 0 nitrogen and oxygen atoms in total. The Morgan fingerprint density at radius 1 is 0.593 bits per heavy atom. The van der Waals surface area contributed by atoms with E-state index >= 15 is 0 Å². The molecule has 0 aromatic heterocycles. The first kappa shape index (κ1) is 21.7. The Balaban J connectivity index is 1.86. The third-order valence-corrected chi connectivity index (χ3v) is 9.28. The quantitative estimate of drug-likeness (QED) is 0.353. The molecule has 0 N–H and O–H groups in total. The fraction of sp³-hybridized carbons (Fsp3) is 1.00. The van der Waals surface area contributed by atoms with Crippen LogP contribution >= 0.6 is 0 Å². The molecule has 0 heteroatoms. The molecular weight excluding hydrogens is 324 g/mol. The lowest BCUT2D eigenvalue weighted by molar-refractivity contribution is -0.0939. The first-order valence-electron chi connectivity index (χ1n) is 13.3. The summed E-state index contributed by atoms with van der Waals surface area (Å²) in [7, 11) is 0. The molecule has 158 valence electrons. The lowest BCUT2D eigenvalue weighted by atomic mass is 9.46. The van der Waals surface area contributed by atoms with E-state index in [2.05, 4.69) is 13.8 Å². The van der Waals surface area contributed by atoms with Gasteiger partial charge in [0, 0.05) is 0 Å². The van der Waals surface area contributed by atoms with E-state index in [-0.39, 0.29) is 0 Å². The monoisotopic (exact) mass is 374 g/mol. The van der Waals surface area contributed by atoms with E-state index in [0.29, 0.717) is 5.41 Å². The molecule has 0 amide bonds. The summed E-state index contributed by atoms with van der Waals surface area (Å²) in [5.74, 6) is 4.18. The molecule has 0 aromatic rings. The van der Waals surface area contributed by atoms with E-state index in [1.807, 2.05) is 0 Å². The van der Waals surface area contributed by atoms with Crippen LogP contribution in [-0.4, -0.2) is 0 Å². The number of unbranched alkanes of at least 4 members (excludes halogenated alkanes) is 3. The van der Waals surface area contributed by atoms with E-state index in [1.54, 1.807) is 38.5 Å². The Bertz CT molecular complexity index is 333. The zero-order chi connectivity index (χ0) is 19.0. The van der Waals surface area contributed by atoms with Crippen molar-refractivity contribution in [3.8, 4) is 0 Å². The van der Waals surface area contributed by atoms with Crippen molar-refractivity contribution in [2.75, 3.05) is 0 Å². The minimum atomic E-state index is 0.716. The van der Waals surface area contributed by atoms with Crippen molar-refractivity contribution in [3.63, 3.8) is 0 Å². The Labute approximate surface area is 171 Å². The van der Waals surface area contributed by atoms with Crippen molar-refractivity contribution < 1.29 is 0 Å². The van der Waals surface area contributed by atoms with Crippen LogP contribution in [0.2, 0.25) is 0 Å². The van der Waals surface area contributed by atoms with Gasteiger partial charge in [-0.15, -0.1) is 0 Å². The minimum Gasteiger partial charge on any atom is -0.0654 e. The van der Waals surface area contributed by atoms with Gasteiger partial charge < -0.3 is 0 Å². The predicted molar refractivity (Wildman–Crippen MR) is 120 cm³/mol. The van der Waals surface area contributed by atoms with Crippen LogP contribution in [-0.2, 0) is 0 Å². The van der Waals surface area contributed by atoms with E-state index in [4.69, 9.17) is 0 Å². The van der Waals surface area contributed by atoms with Crippen molar-refractivity contribution in [1.29, 1.82) is 0 Å². The molecule has 0 saturated heterocycles. The molecule has 3 aliphatic rings. The number of hydrogen-bond donors (Lipinski definition) is 0. The molecular formula is C27H50. The maximum absolute atomic E-state index is 2.74. The Morgan fingerprint density at radius 3 is 1.37 bits per heavy atom. The Hall–Kier alpha value is 0. The maximum Gasteiger partial charge on any atom is -0.0187 e. The first-order valence-corrected chi connectivity index (χ1v) is 13.3. The normalized spacial score (nSPS) is 25.6. The second-order valence-corrected chi connectivity index (χ2v) is 10.8. The van der Waals surface area contributed by atoms with Gasteiger partial charge in [0.05, 0.1) is 0 Å². The van der Waals surface area contributed by atoms with Crippen molar-refractivity contribution in [2.24, 2.45) is 29.1 Å². The fourth-order valence-corrected chi connectivity index (χ4v) is 8.14. The maximum atomic E-state index is 2.74. The molecule has 0 bridgehead atoms. The van der Waals surface area contributed by atoms with Crippen LogP contribution in [0.3, 0.4) is 0 Å². The van der Waals surface area contributed by atoms with Crippen molar-refractivity contribution in [1.82, 2.24) is 0 Å². The van der Waals surface area contributed by atoms with Crippen LogP contribution in [0.4, 0.5) is 0 Å². The molecule has 3 saturated carbocycles. The third-order valence-electron chi connectivity index (χ3n) is 9.28. The second kappa shape index (κ2) is 11.3. The molecule has 1 atom stereocenters. The molecule has 1 unspecified atom stereocenters. The van der Waals surface area contributed by atoms with Gasteiger partial charge in [0.25, 0.3) is 0 Å². The van der Waals surface area contributed by atoms with Crippen LogP contribution in [0.25, 0.3) is 0 Å². The summed E-state index contributed by atoms with van der Waals surface area (Å²) in [5, 5.41) is 0. The molecule has 0 aromatic carbocycles. The van der Waals surface area contributed by atoms with Gasteiger partial charge >= 0.3 is 0 Å². The van der Waals surface area contributed by atoms with E-state index in [0.717, 1.165) is 23.7 Å². The highest BCUT2D eigenvalue weighted by atomic mass is 14.6. The average Bonchev–Trinajstić information content (AvgIpc) is 2.74. The molecule has 3 aliphatic carbocycles. The lowest BCUT2D eigenvalue weighted by Gasteiger charge is -2.58. The lowest BCUT2D eigenvalue weighted by Crippen LogP contribution is -2.51. The summed E-state index contributed by atoms with van der Waals surface area (Å²) in [5.41, 5.74) is 0.716. The largest absolute Gasteiger partial charge is 0.0654 e. The van der Waals surface area contributed by atoms with Crippen LogP contribution in [0, 0.1) is 29.1 Å². The van der Waals surface area contributed by atoms with Gasteiger partial charge in [0.1, 0.15) is 0 Å². The summed E-state index contributed by atoms with van der Waals surface area (Å²) in [6, 6.07) is 0. The summed E-state index contributed by atoms with van der Waals surface area (Å²) >= 11 is 0. The van der Waals surface area contributed by atoms with Gasteiger partial charge in [0.15, 0.2) is 0 Å². The molecule has 3 fully saturated rings. The van der Waals surface area contributed by atoms with Crippen molar-refractivity contribution in [3.05, 3.63) is 0 Å². The minimum absolute atomic E-state index is 0.716. The summed E-state index contributed by atoms with van der Waals surface area (Å²) in [6.45, 7) is 5.10. The molecule has 27 heavy (non-hydrogen) atoms. The summed E-state index contributed by atoms with van der Waals surface area (Å²) in [6.07, 6.45) is 30.6. The van der Waals surface area contributed by atoms with Crippen LogP contribution in [0.5, 0.6) is 0 Å². The Kier molecular flexibility index (Phi) is 9.05. The van der Waals surface area contributed by atoms with Crippen molar-refractivity contribution in [2.45, 2.75) is 142 Å². The van der Waals surface area contributed by atoms with Gasteiger partial charge in [0.2, 0.25) is 0 Å². The Morgan fingerprint density at radius 2 is 1.00 bits per heavy atom. The SMILES string of the molecule is CCCCCCC(C)C(C1CCCCC1)(C1CCCCC1)C1CCCCC1. The summed E-state index contributed by atoms with van der Waals surface area (Å²) in [4.78, 5) is 0. The fourth-order valence-electron chi connectivity index (χ4n) is 8.14. The average molecular weight is 375 g/mol. The van der Waals surface area contributed by atoms with Crippen LogP contribution in [0.15, 0.2) is 0 Å². The molecule has 0 spiro atoms. The topological polar surface area (TPSA) is 0 Å². The number of hydrogen-bond acceptors (Lipinski definition) is 0.